The zero-order valence-corrected chi connectivity index (χ0v) is 14.2. The van der Waals surface area contributed by atoms with Gasteiger partial charge >= 0.3 is 0 Å². The van der Waals surface area contributed by atoms with Gasteiger partial charge in [0.05, 0.1) is 6.26 Å². The van der Waals surface area contributed by atoms with Crippen molar-refractivity contribution in [3.8, 4) is 0 Å². The highest BCUT2D eigenvalue weighted by molar-refractivity contribution is 6.02. The Morgan fingerprint density at radius 3 is 2.12 bits per heavy atom. The SMILES string of the molecule is C[C@H](Nc1ccc(NC(=O)c2ccco2)cc1)C(=O)Nc1ccccc1. The summed E-state index contributed by atoms with van der Waals surface area (Å²) in [5.41, 5.74) is 2.16. The van der Waals surface area contributed by atoms with E-state index < -0.39 is 6.04 Å². The first-order valence-electron chi connectivity index (χ1n) is 8.19. The molecule has 0 saturated heterocycles. The number of benzene rings is 2. The van der Waals surface area contributed by atoms with Crippen molar-refractivity contribution in [2.24, 2.45) is 0 Å². The second-order valence-electron chi connectivity index (χ2n) is 5.73. The van der Waals surface area contributed by atoms with E-state index in [1.807, 2.05) is 30.3 Å². The fraction of sp³-hybridized carbons (Fsp3) is 0.100. The Morgan fingerprint density at radius 2 is 1.46 bits per heavy atom. The Kier molecular flexibility index (Phi) is 5.34. The number of furan rings is 1. The molecule has 0 bridgehead atoms. The summed E-state index contributed by atoms with van der Waals surface area (Å²) in [6.45, 7) is 1.78. The zero-order valence-electron chi connectivity index (χ0n) is 14.2. The third-order valence-corrected chi connectivity index (χ3v) is 3.71. The van der Waals surface area contributed by atoms with Gasteiger partial charge in [-0.05, 0) is 55.5 Å². The Morgan fingerprint density at radius 1 is 0.808 bits per heavy atom. The van der Waals surface area contributed by atoms with Crippen LogP contribution in [0.25, 0.3) is 0 Å². The molecule has 3 rings (SSSR count). The number of rotatable bonds is 6. The molecule has 6 nitrogen and oxygen atoms in total. The molecular formula is C20H19N3O3. The first kappa shape index (κ1) is 17.3. The van der Waals surface area contributed by atoms with Gasteiger partial charge in [0.2, 0.25) is 5.91 Å². The largest absolute Gasteiger partial charge is 0.459 e. The zero-order chi connectivity index (χ0) is 18.4. The van der Waals surface area contributed by atoms with E-state index in [1.54, 1.807) is 43.3 Å². The quantitative estimate of drug-likeness (QED) is 0.629. The molecule has 1 aromatic heterocycles. The average Bonchev–Trinajstić information content (AvgIpc) is 3.19. The highest BCUT2D eigenvalue weighted by Crippen LogP contribution is 2.16. The lowest BCUT2D eigenvalue weighted by atomic mass is 10.2. The van der Waals surface area contributed by atoms with E-state index in [4.69, 9.17) is 4.42 Å². The molecule has 2 aromatic carbocycles. The van der Waals surface area contributed by atoms with Crippen molar-refractivity contribution >= 4 is 28.9 Å². The fourth-order valence-corrected chi connectivity index (χ4v) is 2.34. The third kappa shape index (κ3) is 4.51. The number of carbonyl (C=O) groups excluding carboxylic acids is 2. The van der Waals surface area contributed by atoms with Gasteiger partial charge < -0.3 is 20.4 Å². The Balaban J connectivity index is 1.55. The molecule has 0 aliphatic rings. The molecule has 26 heavy (non-hydrogen) atoms. The van der Waals surface area contributed by atoms with Crippen LogP contribution in [0.3, 0.4) is 0 Å². The number of carbonyl (C=O) groups is 2. The van der Waals surface area contributed by atoms with E-state index in [0.717, 1.165) is 11.4 Å². The molecule has 0 unspecified atom stereocenters. The van der Waals surface area contributed by atoms with Crippen LogP contribution in [0.4, 0.5) is 17.1 Å². The van der Waals surface area contributed by atoms with Gasteiger partial charge in [0.25, 0.3) is 5.91 Å². The predicted molar refractivity (Wildman–Crippen MR) is 101 cm³/mol. The van der Waals surface area contributed by atoms with Gasteiger partial charge in [-0.15, -0.1) is 0 Å². The van der Waals surface area contributed by atoms with Crippen LogP contribution in [0.2, 0.25) is 0 Å². The number of anilines is 3. The van der Waals surface area contributed by atoms with E-state index in [2.05, 4.69) is 16.0 Å². The molecule has 3 N–H and O–H groups in total. The molecule has 1 heterocycles. The summed E-state index contributed by atoms with van der Waals surface area (Å²) in [4.78, 5) is 24.1. The minimum atomic E-state index is -0.418. The van der Waals surface area contributed by atoms with Gasteiger partial charge in [-0.1, -0.05) is 18.2 Å². The fourth-order valence-electron chi connectivity index (χ4n) is 2.34. The van der Waals surface area contributed by atoms with Gasteiger partial charge in [0.15, 0.2) is 5.76 Å². The van der Waals surface area contributed by atoms with Crippen molar-refractivity contribution in [3.63, 3.8) is 0 Å². The standard InChI is InChI=1S/C20H19N3O3/c1-14(19(24)22-15-6-3-2-4-7-15)21-16-9-11-17(12-10-16)23-20(25)18-8-5-13-26-18/h2-14,21H,1H3,(H,22,24)(H,23,25)/t14-/m0/s1. The molecule has 2 amide bonds. The first-order valence-corrected chi connectivity index (χ1v) is 8.19. The topological polar surface area (TPSA) is 83.4 Å². The summed E-state index contributed by atoms with van der Waals surface area (Å²) in [6, 6.07) is 19.2. The van der Waals surface area contributed by atoms with E-state index in [1.165, 1.54) is 6.26 Å². The number of nitrogens with one attached hydrogen (secondary N) is 3. The van der Waals surface area contributed by atoms with Crippen LogP contribution in [0, 0.1) is 0 Å². The molecule has 6 heteroatoms. The highest BCUT2D eigenvalue weighted by Gasteiger charge is 2.13. The van der Waals surface area contributed by atoms with Crippen LogP contribution in [0.1, 0.15) is 17.5 Å². The lowest BCUT2D eigenvalue weighted by molar-refractivity contribution is -0.116. The first-order chi connectivity index (χ1) is 12.6. The molecule has 3 aromatic rings. The van der Waals surface area contributed by atoms with Crippen LogP contribution in [-0.2, 0) is 4.79 Å². The number of hydrogen-bond donors (Lipinski definition) is 3. The second kappa shape index (κ2) is 8.02. The Bertz CT molecular complexity index is 859. The van der Waals surface area contributed by atoms with Crippen molar-refractivity contribution in [1.29, 1.82) is 0 Å². The minimum Gasteiger partial charge on any atom is -0.459 e. The van der Waals surface area contributed by atoms with E-state index in [9.17, 15) is 9.59 Å². The number of hydrogen-bond acceptors (Lipinski definition) is 4. The summed E-state index contributed by atoms with van der Waals surface area (Å²) in [5, 5.41) is 8.71. The minimum absolute atomic E-state index is 0.133. The summed E-state index contributed by atoms with van der Waals surface area (Å²) in [6.07, 6.45) is 1.45. The predicted octanol–water partition coefficient (Wildman–Crippen LogP) is 3.97. The Hall–Kier alpha value is -3.54. The summed E-state index contributed by atoms with van der Waals surface area (Å²) in [5.74, 6) is -0.198. The van der Waals surface area contributed by atoms with Gasteiger partial charge in [0.1, 0.15) is 6.04 Å². The van der Waals surface area contributed by atoms with Crippen LogP contribution < -0.4 is 16.0 Å². The number of para-hydroxylation sites is 1. The molecule has 0 radical (unpaired) electrons. The van der Waals surface area contributed by atoms with Crippen molar-refractivity contribution in [2.45, 2.75) is 13.0 Å². The van der Waals surface area contributed by atoms with E-state index in [0.29, 0.717) is 5.69 Å². The molecule has 132 valence electrons. The average molecular weight is 349 g/mol. The van der Waals surface area contributed by atoms with Gasteiger partial charge in [-0.25, -0.2) is 0 Å². The molecule has 0 spiro atoms. The van der Waals surface area contributed by atoms with Gasteiger partial charge in [-0.3, -0.25) is 9.59 Å². The highest BCUT2D eigenvalue weighted by atomic mass is 16.3. The van der Waals surface area contributed by atoms with Crippen molar-refractivity contribution < 1.29 is 14.0 Å². The molecule has 0 aliphatic heterocycles. The molecule has 0 saturated carbocycles. The molecule has 0 fully saturated rings. The van der Waals surface area contributed by atoms with Crippen LogP contribution in [-0.4, -0.2) is 17.9 Å². The maximum atomic E-state index is 12.2. The number of amides is 2. The van der Waals surface area contributed by atoms with Crippen molar-refractivity contribution in [1.82, 2.24) is 0 Å². The van der Waals surface area contributed by atoms with Crippen LogP contribution >= 0.6 is 0 Å². The van der Waals surface area contributed by atoms with Crippen molar-refractivity contribution in [2.75, 3.05) is 16.0 Å². The lowest BCUT2D eigenvalue weighted by Crippen LogP contribution is -2.31. The summed E-state index contributed by atoms with van der Waals surface area (Å²) in [7, 11) is 0. The monoisotopic (exact) mass is 349 g/mol. The van der Waals surface area contributed by atoms with Crippen LogP contribution in [0.15, 0.2) is 77.4 Å². The van der Waals surface area contributed by atoms with Gasteiger partial charge in [-0.2, -0.15) is 0 Å². The molecule has 0 aliphatic carbocycles. The van der Waals surface area contributed by atoms with E-state index >= 15 is 0 Å². The summed E-state index contributed by atoms with van der Waals surface area (Å²) < 4.78 is 5.05. The van der Waals surface area contributed by atoms with Crippen LogP contribution in [0.5, 0.6) is 0 Å². The smallest absolute Gasteiger partial charge is 0.291 e. The molecule has 1 atom stereocenters. The normalized spacial score (nSPS) is 11.4. The van der Waals surface area contributed by atoms with E-state index in [-0.39, 0.29) is 17.6 Å². The second-order valence-corrected chi connectivity index (χ2v) is 5.73. The maximum Gasteiger partial charge on any atom is 0.291 e. The summed E-state index contributed by atoms with van der Waals surface area (Å²) >= 11 is 0. The van der Waals surface area contributed by atoms with Crippen molar-refractivity contribution in [3.05, 3.63) is 78.8 Å². The molecular weight excluding hydrogens is 330 g/mol. The third-order valence-electron chi connectivity index (χ3n) is 3.71. The lowest BCUT2D eigenvalue weighted by Gasteiger charge is -2.15. The Labute approximate surface area is 151 Å². The maximum absolute atomic E-state index is 12.2. The van der Waals surface area contributed by atoms with Gasteiger partial charge in [0, 0.05) is 17.1 Å².